The van der Waals surface area contributed by atoms with Gasteiger partial charge in [0.05, 0.1) is 24.8 Å². The molecule has 21 heavy (non-hydrogen) atoms. The highest BCUT2D eigenvalue weighted by Gasteiger charge is 2.26. The minimum absolute atomic E-state index is 0.0406. The molecule has 0 aliphatic heterocycles. The molecule has 0 bridgehead atoms. The van der Waals surface area contributed by atoms with Crippen LogP contribution in [0.5, 0.6) is 0 Å². The lowest BCUT2D eigenvalue weighted by molar-refractivity contribution is 0.0449. The van der Waals surface area contributed by atoms with Gasteiger partial charge in [0, 0.05) is 7.11 Å². The minimum atomic E-state index is -0.393. The normalized spacial score (nSPS) is 23.3. The van der Waals surface area contributed by atoms with Gasteiger partial charge in [-0.05, 0) is 18.4 Å². The highest BCUT2D eigenvalue weighted by molar-refractivity contribution is 5.74. The van der Waals surface area contributed by atoms with E-state index in [0.717, 1.165) is 31.2 Å². The zero-order chi connectivity index (χ0) is 15.1. The number of aliphatic hydroxyl groups excluding tert-OH is 1. The molecule has 0 unspecified atom stereocenters. The first kappa shape index (κ1) is 15.8. The topological polar surface area (TPSA) is 70.6 Å². The Morgan fingerprint density at radius 3 is 2.71 bits per heavy atom. The van der Waals surface area contributed by atoms with Crippen LogP contribution >= 0.6 is 0 Å². The SMILES string of the molecule is CO[C@@H]1CCCC[C@H]1NC(=O)N[C@@H](CO)c1ccccc1. The molecule has 1 aromatic carbocycles. The standard InChI is InChI=1S/C16H24N2O3/c1-21-15-10-6-5-9-13(15)17-16(20)18-14(11-19)12-7-3-2-4-8-12/h2-4,7-8,13-15,19H,5-6,9-11H2,1H3,(H2,17,18,20)/t13-,14+,15-/m1/s1. The predicted octanol–water partition coefficient (Wildman–Crippen LogP) is 1.98. The summed E-state index contributed by atoms with van der Waals surface area (Å²) in [5.74, 6) is 0. The summed E-state index contributed by atoms with van der Waals surface area (Å²) in [4.78, 5) is 12.1. The third-order valence-electron chi connectivity index (χ3n) is 4.01. The lowest BCUT2D eigenvalue weighted by Crippen LogP contribution is -2.50. The van der Waals surface area contributed by atoms with Gasteiger partial charge in [-0.15, -0.1) is 0 Å². The van der Waals surface area contributed by atoms with Crippen molar-refractivity contribution in [2.45, 2.75) is 43.9 Å². The molecule has 1 aliphatic carbocycles. The Morgan fingerprint density at radius 1 is 1.33 bits per heavy atom. The molecule has 116 valence electrons. The Labute approximate surface area is 125 Å². The number of carbonyl (C=O) groups is 1. The smallest absolute Gasteiger partial charge is 0.315 e. The molecule has 2 rings (SSSR count). The van der Waals surface area contributed by atoms with Crippen LogP contribution < -0.4 is 10.6 Å². The molecule has 0 aromatic heterocycles. The maximum absolute atomic E-state index is 12.1. The van der Waals surface area contributed by atoms with Crippen molar-refractivity contribution in [1.29, 1.82) is 0 Å². The number of hydrogen-bond acceptors (Lipinski definition) is 3. The number of ether oxygens (including phenoxy) is 1. The van der Waals surface area contributed by atoms with Crippen molar-refractivity contribution < 1.29 is 14.6 Å². The molecule has 0 saturated heterocycles. The van der Waals surface area contributed by atoms with Crippen LogP contribution in [-0.2, 0) is 4.74 Å². The van der Waals surface area contributed by atoms with E-state index in [2.05, 4.69) is 10.6 Å². The summed E-state index contributed by atoms with van der Waals surface area (Å²) in [5.41, 5.74) is 0.891. The number of aliphatic hydroxyl groups is 1. The van der Waals surface area contributed by atoms with Crippen LogP contribution in [0, 0.1) is 0 Å². The van der Waals surface area contributed by atoms with Crippen LogP contribution in [0.1, 0.15) is 37.3 Å². The second-order valence-electron chi connectivity index (χ2n) is 5.43. The van der Waals surface area contributed by atoms with Crippen molar-refractivity contribution >= 4 is 6.03 Å². The molecule has 2 amide bonds. The lowest BCUT2D eigenvalue weighted by Gasteiger charge is -2.31. The van der Waals surface area contributed by atoms with E-state index in [-0.39, 0.29) is 24.8 Å². The minimum Gasteiger partial charge on any atom is -0.394 e. The van der Waals surface area contributed by atoms with Crippen LogP contribution in [0.3, 0.4) is 0 Å². The molecule has 3 N–H and O–H groups in total. The zero-order valence-electron chi connectivity index (χ0n) is 12.4. The van der Waals surface area contributed by atoms with E-state index < -0.39 is 6.04 Å². The molecule has 1 aromatic rings. The molecule has 5 nitrogen and oxygen atoms in total. The van der Waals surface area contributed by atoms with Crippen LogP contribution in [-0.4, -0.2) is 37.0 Å². The Balaban J connectivity index is 1.90. The van der Waals surface area contributed by atoms with Gasteiger partial charge in [0.15, 0.2) is 0 Å². The lowest BCUT2D eigenvalue weighted by atomic mass is 9.92. The van der Waals surface area contributed by atoms with Gasteiger partial charge >= 0.3 is 6.03 Å². The fourth-order valence-electron chi connectivity index (χ4n) is 2.83. The number of rotatable bonds is 5. The molecular weight excluding hydrogens is 268 g/mol. The van der Waals surface area contributed by atoms with E-state index in [4.69, 9.17) is 4.74 Å². The van der Waals surface area contributed by atoms with Crippen molar-refractivity contribution in [1.82, 2.24) is 10.6 Å². The van der Waals surface area contributed by atoms with Crippen molar-refractivity contribution in [2.24, 2.45) is 0 Å². The first-order valence-corrected chi connectivity index (χ1v) is 7.50. The molecule has 0 heterocycles. The van der Waals surface area contributed by atoms with Crippen LogP contribution in [0.15, 0.2) is 30.3 Å². The van der Waals surface area contributed by atoms with E-state index in [9.17, 15) is 9.90 Å². The molecule has 1 saturated carbocycles. The molecule has 1 aliphatic rings. The van der Waals surface area contributed by atoms with Gasteiger partial charge in [0.1, 0.15) is 0 Å². The summed E-state index contributed by atoms with van der Waals surface area (Å²) in [6.07, 6.45) is 4.23. The number of carbonyl (C=O) groups excluding carboxylic acids is 1. The number of nitrogens with one attached hydrogen (secondary N) is 2. The molecule has 1 fully saturated rings. The fourth-order valence-corrected chi connectivity index (χ4v) is 2.83. The van der Waals surface area contributed by atoms with Gasteiger partial charge in [-0.25, -0.2) is 4.79 Å². The van der Waals surface area contributed by atoms with Crippen LogP contribution in [0.25, 0.3) is 0 Å². The largest absolute Gasteiger partial charge is 0.394 e. The highest BCUT2D eigenvalue weighted by atomic mass is 16.5. The maximum atomic E-state index is 12.1. The maximum Gasteiger partial charge on any atom is 0.315 e. The molecule has 3 atom stereocenters. The number of amides is 2. The highest BCUT2D eigenvalue weighted by Crippen LogP contribution is 2.21. The zero-order valence-corrected chi connectivity index (χ0v) is 12.4. The summed E-state index contributed by atoms with van der Waals surface area (Å²) >= 11 is 0. The molecule has 0 spiro atoms. The molecular formula is C16H24N2O3. The van der Waals surface area contributed by atoms with Crippen molar-refractivity contribution in [2.75, 3.05) is 13.7 Å². The number of methoxy groups -OCH3 is 1. The first-order chi connectivity index (χ1) is 10.2. The average Bonchev–Trinajstić information content (AvgIpc) is 2.54. The van der Waals surface area contributed by atoms with Crippen molar-refractivity contribution in [3.05, 3.63) is 35.9 Å². The van der Waals surface area contributed by atoms with Crippen molar-refractivity contribution in [3.8, 4) is 0 Å². The van der Waals surface area contributed by atoms with Gasteiger partial charge in [0.2, 0.25) is 0 Å². The molecule has 0 radical (unpaired) electrons. The van der Waals surface area contributed by atoms with E-state index in [1.54, 1.807) is 7.11 Å². The summed E-state index contributed by atoms with van der Waals surface area (Å²) in [7, 11) is 1.68. The Morgan fingerprint density at radius 2 is 2.05 bits per heavy atom. The van der Waals surface area contributed by atoms with Crippen LogP contribution in [0.2, 0.25) is 0 Å². The fraction of sp³-hybridized carbons (Fsp3) is 0.562. The van der Waals surface area contributed by atoms with E-state index in [1.807, 2.05) is 30.3 Å². The Kier molecular flexibility index (Phi) is 6.02. The third-order valence-corrected chi connectivity index (χ3v) is 4.01. The predicted molar refractivity (Wildman–Crippen MR) is 81.0 cm³/mol. The van der Waals surface area contributed by atoms with Crippen LogP contribution in [0.4, 0.5) is 4.79 Å². The van der Waals surface area contributed by atoms with E-state index >= 15 is 0 Å². The van der Waals surface area contributed by atoms with Gasteiger partial charge in [-0.3, -0.25) is 0 Å². The number of urea groups is 1. The quantitative estimate of drug-likeness (QED) is 0.777. The number of benzene rings is 1. The average molecular weight is 292 g/mol. The Bertz CT molecular complexity index is 438. The number of hydrogen-bond donors (Lipinski definition) is 3. The van der Waals surface area contributed by atoms with E-state index in [0.29, 0.717) is 0 Å². The summed E-state index contributed by atoms with van der Waals surface area (Å²) in [6, 6.07) is 8.85. The summed E-state index contributed by atoms with van der Waals surface area (Å²) < 4.78 is 5.43. The monoisotopic (exact) mass is 292 g/mol. The van der Waals surface area contributed by atoms with Crippen molar-refractivity contribution in [3.63, 3.8) is 0 Å². The second kappa shape index (κ2) is 8.00. The Hall–Kier alpha value is -1.59. The van der Waals surface area contributed by atoms with Gasteiger partial charge < -0.3 is 20.5 Å². The van der Waals surface area contributed by atoms with Gasteiger partial charge in [-0.2, -0.15) is 0 Å². The van der Waals surface area contributed by atoms with Gasteiger partial charge in [0.25, 0.3) is 0 Å². The van der Waals surface area contributed by atoms with E-state index in [1.165, 1.54) is 0 Å². The first-order valence-electron chi connectivity index (χ1n) is 7.50. The summed E-state index contributed by atoms with van der Waals surface area (Å²) in [5, 5.41) is 15.3. The molecule has 5 heteroatoms. The summed E-state index contributed by atoms with van der Waals surface area (Å²) in [6.45, 7) is -0.129. The third kappa shape index (κ3) is 4.44. The van der Waals surface area contributed by atoms with Gasteiger partial charge in [-0.1, -0.05) is 43.2 Å². The second-order valence-corrected chi connectivity index (χ2v) is 5.43.